The van der Waals surface area contributed by atoms with Gasteiger partial charge in [0, 0.05) is 13.0 Å². The molecule has 9 heteroatoms. The summed E-state index contributed by atoms with van der Waals surface area (Å²) in [7, 11) is -4.25. The van der Waals surface area contributed by atoms with Crippen LogP contribution in [0.15, 0.2) is 36.5 Å². The average Bonchev–Trinajstić information content (AvgIpc) is 2.90. The van der Waals surface area contributed by atoms with Gasteiger partial charge >= 0.3 is 13.8 Å². The molecule has 0 rings (SSSR count). The maximum absolute atomic E-state index is 11.8. The summed E-state index contributed by atoms with van der Waals surface area (Å²) in [6.45, 7) is 1.41. The zero-order valence-corrected chi connectivity index (χ0v) is 24.5. The number of aliphatic hydroxyl groups excluding tert-OH is 1. The standard InChI is InChI=1S/C29H54NO7P/c1-2-3-4-5-6-7-8-9-10-11-12-13-14-15-16-17-18-19-20-21-22-23-29(32)35-26-28(31)27-37-38(33,34)36-25-24-30/h8-9,11-12,14-15,28,31H,2-7,10,13,16-27,30H2,1H3,(H,33,34)/b9-8-,12-11-,15-14-. The molecule has 0 heterocycles. The summed E-state index contributed by atoms with van der Waals surface area (Å²) < 4.78 is 25.6. The normalized spacial score (nSPS) is 14.5. The van der Waals surface area contributed by atoms with E-state index in [1.54, 1.807) is 0 Å². The average molecular weight is 560 g/mol. The van der Waals surface area contributed by atoms with E-state index in [9.17, 15) is 19.4 Å². The first-order chi connectivity index (χ1) is 18.4. The number of nitrogens with two attached hydrogens (primary N) is 1. The molecular weight excluding hydrogens is 505 g/mol. The summed E-state index contributed by atoms with van der Waals surface area (Å²) in [4.78, 5) is 21.1. The van der Waals surface area contributed by atoms with Crippen LogP contribution in [-0.4, -0.2) is 48.4 Å². The first-order valence-electron chi connectivity index (χ1n) is 14.5. The number of carbonyl (C=O) groups is 1. The highest BCUT2D eigenvalue weighted by atomic mass is 31.2. The molecule has 2 atom stereocenters. The summed E-state index contributed by atoms with van der Waals surface area (Å²) in [5.74, 6) is -0.399. The Labute approximate surface area is 231 Å². The molecule has 0 aliphatic carbocycles. The predicted octanol–water partition coefficient (Wildman–Crippen LogP) is 6.91. The zero-order valence-electron chi connectivity index (χ0n) is 23.6. The summed E-state index contributed by atoms with van der Waals surface area (Å²) in [6, 6.07) is 0. The molecule has 0 aromatic carbocycles. The Morgan fingerprint density at radius 1 is 0.789 bits per heavy atom. The fourth-order valence-corrected chi connectivity index (χ4v) is 4.35. The quantitative estimate of drug-likeness (QED) is 0.0428. The zero-order chi connectivity index (χ0) is 28.2. The van der Waals surface area contributed by atoms with Crippen molar-refractivity contribution in [2.45, 2.75) is 116 Å². The molecule has 0 aliphatic rings. The van der Waals surface area contributed by atoms with Gasteiger partial charge in [-0.1, -0.05) is 94.7 Å². The van der Waals surface area contributed by atoms with Crippen LogP contribution in [0.25, 0.3) is 0 Å². The van der Waals surface area contributed by atoms with Crippen molar-refractivity contribution in [1.29, 1.82) is 0 Å². The van der Waals surface area contributed by atoms with Crippen molar-refractivity contribution in [3.8, 4) is 0 Å². The SMILES string of the molecule is CCCCCCC/C=C\C/C=C\C/C=C\CCCCCCCCC(=O)OCC(O)COP(=O)(O)OCCN. The molecule has 0 saturated heterocycles. The van der Waals surface area contributed by atoms with E-state index in [0.717, 1.165) is 44.9 Å². The lowest BCUT2D eigenvalue weighted by Crippen LogP contribution is -2.23. The second-order valence-electron chi connectivity index (χ2n) is 9.47. The van der Waals surface area contributed by atoms with Crippen LogP contribution in [-0.2, 0) is 23.1 Å². The number of esters is 1. The first-order valence-corrected chi connectivity index (χ1v) is 16.0. The Kier molecular flexibility index (Phi) is 26.4. The minimum atomic E-state index is -4.25. The largest absolute Gasteiger partial charge is 0.472 e. The number of ether oxygens (including phenoxy) is 1. The molecule has 222 valence electrons. The third-order valence-electron chi connectivity index (χ3n) is 5.76. The fraction of sp³-hybridized carbons (Fsp3) is 0.759. The number of aliphatic hydroxyl groups is 1. The van der Waals surface area contributed by atoms with Crippen molar-refractivity contribution in [1.82, 2.24) is 0 Å². The third-order valence-corrected chi connectivity index (χ3v) is 6.74. The van der Waals surface area contributed by atoms with Gasteiger partial charge in [0.1, 0.15) is 12.7 Å². The van der Waals surface area contributed by atoms with E-state index in [2.05, 4.69) is 52.4 Å². The number of rotatable bonds is 27. The molecule has 0 amide bonds. The van der Waals surface area contributed by atoms with Crippen LogP contribution in [0.5, 0.6) is 0 Å². The van der Waals surface area contributed by atoms with E-state index >= 15 is 0 Å². The molecule has 0 fully saturated rings. The Bertz CT molecular complexity index is 682. The predicted molar refractivity (Wildman–Crippen MR) is 155 cm³/mol. The van der Waals surface area contributed by atoms with Gasteiger partial charge in [0.05, 0.1) is 13.2 Å². The van der Waals surface area contributed by atoms with Gasteiger partial charge < -0.3 is 20.5 Å². The van der Waals surface area contributed by atoms with Crippen molar-refractivity contribution < 1.29 is 33.1 Å². The van der Waals surface area contributed by atoms with Crippen LogP contribution in [0.4, 0.5) is 0 Å². The van der Waals surface area contributed by atoms with E-state index < -0.39 is 26.5 Å². The van der Waals surface area contributed by atoms with E-state index in [4.69, 9.17) is 10.5 Å². The molecule has 0 radical (unpaired) electrons. The second kappa shape index (κ2) is 27.3. The number of hydrogen-bond acceptors (Lipinski definition) is 7. The van der Waals surface area contributed by atoms with E-state index in [1.165, 1.54) is 51.4 Å². The number of unbranched alkanes of at least 4 members (excludes halogenated alkanes) is 11. The maximum atomic E-state index is 11.8. The van der Waals surface area contributed by atoms with Crippen LogP contribution in [0, 0.1) is 0 Å². The van der Waals surface area contributed by atoms with Crippen LogP contribution >= 0.6 is 7.82 Å². The molecular formula is C29H54NO7P. The van der Waals surface area contributed by atoms with Gasteiger partial charge in [-0.3, -0.25) is 13.8 Å². The van der Waals surface area contributed by atoms with Crippen LogP contribution in [0.2, 0.25) is 0 Å². The smallest absolute Gasteiger partial charge is 0.463 e. The molecule has 0 saturated carbocycles. The van der Waals surface area contributed by atoms with Gasteiger partial charge in [-0.05, 0) is 44.9 Å². The Balaban J connectivity index is 3.50. The maximum Gasteiger partial charge on any atom is 0.472 e. The van der Waals surface area contributed by atoms with Crippen molar-refractivity contribution >= 4 is 13.8 Å². The monoisotopic (exact) mass is 559 g/mol. The number of hydrogen-bond donors (Lipinski definition) is 3. The molecule has 2 unspecified atom stereocenters. The van der Waals surface area contributed by atoms with Gasteiger partial charge in [-0.15, -0.1) is 0 Å². The molecule has 0 aromatic heterocycles. The highest BCUT2D eigenvalue weighted by Crippen LogP contribution is 2.42. The van der Waals surface area contributed by atoms with Gasteiger partial charge in [0.2, 0.25) is 0 Å². The number of carbonyl (C=O) groups excluding carboxylic acids is 1. The fourth-order valence-electron chi connectivity index (χ4n) is 3.58. The molecule has 8 nitrogen and oxygen atoms in total. The lowest BCUT2D eigenvalue weighted by Gasteiger charge is -2.15. The number of phosphoric acid groups is 1. The third kappa shape index (κ3) is 27.7. The summed E-state index contributed by atoms with van der Waals surface area (Å²) in [6.07, 6.45) is 30.0. The lowest BCUT2D eigenvalue weighted by molar-refractivity contribution is -0.147. The van der Waals surface area contributed by atoms with Crippen molar-refractivity contribution in [3.63, 3.8) is 0 Å². The van der Waals surface area contributed by atoms with Crippen molar-refractivity contribution in [2.24, 2.45) is 5.73 Å². The Morgan fingerprint density at radius 2 is 1.32 bits per heavy atom. The molecule has 0 bridgehead atoms. The number of allylic oxidation sites excluding steroid dienone is 6. The van der Waals surface area contributed by atoms with Crippen LogP contribution in [0.3, 0.4) is 0 Å². The molecule has 0 spiro atoms. The minimum Gasteiger partial charge on any atom is -0.463 e. The second-order valence-corrected chi connectivity index (χ2v) is 10.9. The van der Waals surface area contributed by atoms with Gasteiger partial charge in [-0.2, -0.15) is 0 Å². The van der Waals surface area contributed by atoms with Gasteiger partial charge in [-0.25, -0.2) is 4.57 Å². The molecule has 4 N–H and O–H groups in total. The first kappa shape index (κ1) is 36.7. The van der Waals surface area contributed by atoms with E-state index in [1.807, 2.05) is 0 Å². The minimum absolute atomic E-state index is 0.0708. The number of phosphoric ester groups is 1. The Morgan fingerprint density at radius 3 is 1.89 bits per heavy atom. The molecule has 38 heavy (non-hydrogen) atoms. The topological polar surface area (TPSA) is 128 Å². The summed E-state index contributed by atoms with van der Waals surface area (Å²) in [5.41, 5.74) is 5.18. The molecule has 0 aliphatic heterocycles. The van der Waals surface area contributed by atoms with Crippen LogP contribution in [0.1, 0.15) is 110 Å². The Hall–Kier alpha value is -1.28. The van der Waals surface area contributed by atoms with Crippen molar-refractivity contribution in [3.05, 3.63) is 36.5 Å². The van der Waals surface area contributed by atoms with Crippen LogP contribution < -0.4 is 5.73 Å². The van der Waals surface area contributed by atoms with Crippen molar-refractivity contribution in [2.75, 3.05) is 26.4 Å². The highest BCUT2D eigenvalue weighted by molar-refractivity contribution is 7.47. The summed E-state index contributed by atoms with van der Waals surface area (Å²) >= 11 is 0. The summed E-state index contributed by atoms with van der Waals surface area (Å²) in [5, 5.41) is 9.71. The molecule has 0 aromatic rings. The van der Waals surface area contributed by atoms with E-state index in [-0.39, 0.29) is 26.2 Å². The highest BCUT2D eigenvalue weighted by Gasteiger charge is 2.22. The van der Waals surface area contributed by atoms with Gasteiger partial charge in [0.25, 0.3) is 0 Å². The van der Waals surface area contributed by atoms with Gasteiger partial charge in [0.15, 0.2) is 0 Å². The lowest BCUT2D eigenvalue weighted by atomic mass is 10.1. The van der Waals surface area contributed by atoms with E-state index in [0.29, 0.717) is 0 Å².